The quantitative estimate of drug-likeness (QED) is 0.302. The van der Waals surface area contributed by atoms with Crippen molar-refractivity contribution in [1.82, 2.24) is 5.48 Å². The lowest BCUT2D eigenvalue weighted by atomic mass is 10.2. The van der Waals surface area contributed by atoms with Crippen molar-refractivity contribution in [2.75, 3.05) is 0 Å². The zero-order valence-electron chi connectivity index (χ0n) is 5.78. The van der Waals surface area contributed by atoms with Gasteiger partial charge in [-0.3, -0.25) is 14.8 Å². The van der Waals surface area contributed by atoms with Crippen LogP contribution in [0.5, 0.6) is 0 Å². The summed E-state index contributed by atoms with van der Waals surface area (Å²) in [5.74, 6) is -1.79. The third-order valence-electron chi connectivity index (χ3n) is 1.12. The van der Waals surface area contributed by atoms with Crippen LogP contribution in [0.4, 0.5) is 0 Å². The van der Waals surface area contributed by atoms with Crippen molar-refractivity contribution < 1.29 is 19.9 Å². The van der Waals surface area contributed by atoms with Crippen molar-refractivity contribution in [2.45, 2.75) is 18.9 Å². The molecule has 64 valence electrons. The van der Waals surface area contributed by atoms with Gasteiger partial charge in [0.05, 0.1) is 0 Å². The standard InChI is InChI=1S/C5H10N2O4/c6-3(5(9)10)1-2-4(8)7-11/h3,11H,1-2,6H2,(H,7,8)(H,9,10)/t3-/m0/s1. The van der Waals surface area contributed by atoms with Crippen molar-refractivity contribution in [3.63, 3.8) is 0 Å². The number of rotatable bonds is 4. The highest BCUT2D eigenvalue weighted by Crippen LogP contribution is 1.93. The average molecular weight is 162 g/mol. The second-order valence-electron chi connectivity index (χ2n) is 2.02. The maximum atomic E-state index is 10.3. The van der Waals surface area contributed by atoms with Crippen LogP contribution in [0.25, 0.3) is 0 Å². The van der Waals surface area contributed by atoms with E-state index in [0.717, 1.165) is 0 Å². The fourth-order valence-corrected chi connectivity index (χ4v) is 0.466. The van der Waals surface area contributed by atoms with Crippen molar-refractivity contribution in [1.29, 1.82) is 0 Å². The van der Waals surface area contributed by atoms with Gasteiger partial charge in [-0.2, -0.15) is 0 Å². The summed E-state index contributed by atoms with van der Waals surface area (Å²) in [6.07, 6.45) is -0.0777. The first-order valence-corrected chi connectivity index (χ1v) is 2.99. The molecule has 0 saturated heterocycles. The number of amides is 1. The monoisotopic (exact) mass is 162 g/mol. The minimum atomic E-state index is -1.16. The van der Waals surface area contributed by atoms with Gasteiger partial charge in [-0.05, 0) is 6.42 Å². The molecule has 0 aromatic rings. The number of carbonyl (C=O) groups is 2. The highest BCUT2D eigenvalue weighted by atomic mass is 16.5. The summed E-state index contributed by atoms with van der Waals surface area (Å²) in [7, 11) is 0. The highest BCUT2D eigenvalue weighted by Gasteiger charge is 2.12. The summed E-state index contributed by atoms with van der Waals surface area (Å²) in [5.41, 5.74) is 6.43. The van der Waals surface area contributed by atoms with Crippen molar-refractivity contribution in [3.05, 3.63) is 0 Å². The van der Waals surface area contributed by atoms with Crippen molar-refractivity contribution >= 4 is 11.9 Å². The number of hydrogen-bond acceptors (Lipinski definition) is 4. The molecule has 0 aliphatic carbocycles. The molecule has 0 aliphatic heterocycles. The number of carboxylic acid groups (broad SMARTS) is 1. The highest BCUT2D eigenvalue weighted by molar-refractivity contribution is 5.77. The largest absolute Gasteiger partial charge is 0.480 e. The van der Waals surface area contributed by atoms with E-state index in [1.807, 2.05) is 0 Å². The first kappa shape index (κ1) is 9.86. The predicted molar refractivity (Wildman–Crippen MR) is 34.8 cm³/mol. The molecule has 0 heterocycles. The Morgan fingerprint density at radius 1 is 1.55 bits per heavy atom. The molecule has 0 aromatic carbocycles. The van der Waals surface area contributed by atoms with E-state index in [2.05, 4.69) is 0 Å². The molecule has 0 rings (SSSR count). The fraction of sp³-hybridized carbons (Fsp3) is 0.600. The summed E-state index contributed by atoms with van der Waals surface area (Å²) >= 11 is 0. The topological polar surface area (TPSA) is 113 Å². The van der Waals surface area contributed by atoms with Gasteiger partial charge in [0.1, 0.15) is 6.04 Å². The first-order valence-electron chi connectivity index (χ1n) is 2.99. The second-order valence-corrected chi connectivity index (χ2v) is 2.02. The van der Waals surface area contributed by atoms with E-state index in [1.165, 1.54) is 5.48 Å². The Bertz CT molecular complexity index is 159. The minimum Gasteiger partial charge on any atom is -0.480 e. The molecule has 6 nitrogen and oxygen atoms in total. The van der Waals surface area contributed by atoms with Crippen LogP contribution < -0.4 is 11.2 Å². The SMILES string of the molecule is N[C@@H](CCC(=O)NO)C(=O)O. The third kappa shape index (κ3) is 4.29. The molecule has 0 spiro atoms. The van der Waals surface area contributed by atoms with Crippen LogP contribution in [0.3, 0.4) is 0 Å². The van der Waals surface area contributed by atoms with E-state index in [1.54, 1.807) is 0 Å². The van der Waals surface area contributed by atoms with Crippen LogP contribution in [0, 0.1) is 0 Å². The van der Waals surface area contributed by atoms with E-state index in [0.29, 0.717) is 0 Å². The summed E-state index contributed by atoms with van der Waals surface area (Å²) < 4.78 is 0. The summed E-state index contributed by atoms with van der Waals surface area (Å²) in [6.45, 7) is 0. The molecule has 11 heavy (non-hydrogen) atoms. The number of aliphatic carboxylic acids is 1. The molecule has 0 aromatic heterocycles. The zero-order chi connectivity index (χ0) is 8.85. The Kier molecular flexibility index (Phi) is 4.16. The van der Waals surface area contributed by atoms with E-state index >= 15 is 0 Å². The molecule has 0 saturated carbocycles. The second kappa shape index (κ2) is 4.64. The van der Waals surface area contributed by atoms with Gasteiger partial charge in [0.2, 0.25) is 5.91 Å². The number of hydroxylamine groups is 1. The zero-order valence-corrected chi connectivity index (χ0v) is 5.78. The Hall–Kier alpha value is -1.14. The number of nitrogens with two attached hydrogens (primary N) is 1. The number of carbonyl (C=O) groups excluding carboxylic acids is 1. The molecule has 6 heteroatoms. The lowest BCUT2D eigenvalue weighted by Crippen LogP contribution is -2.32. The Labute approximate surface area is 63.0 Å². The molecular formula is C5H10N2O4. The van der Waals surface area contributed by atoms with E-state index in [4.69, 9.17) is 16.0 Å². The van der Waals surface area contributed by atoms with Gasteiger partial charge in [0, 0.05) is 6.42 Å². The van der Waals surface area contributed by atoms with Gasteiger partial charge in [-0.1, -0.05) is 0 Å². The summed E-state index contributed by atoms with van der Waals surface area (Å²) in [5, 5.41) is 16.2. The molecule has 1 amide bonds. The third-order valence-corrected chi connectivity index (χ3v) is 1.12. The van der Waals surface area contributed by atoms with Crippen molar-refractivity contribution in [3.8, 4) is 0 Å². The number of carboxylic acids is 1. The normalized spacial score (nSPS) is 12.2. The van der Waals surface area contributed by atoms with E-state index in [9.17, 15) is 9.59 Å². The van der Waals surface area contributed by atoms with Crippen molar-refractivity contribution in [2.24, 2.45) is 5.73 Å². The van der Waals surface area contributed by atoms with Gasteiger partial charge >= 0.3 is 5.97 Å². The van der Waals surface area contributed by atoms with E-state index < -0.39 is 17.9 Å². The molecule has 1 atom stereocenters. The summed E-state index contributed by atoms with van der Waals surface area (Å²) in [6, 6.07) is -1.05. The Morgan fingerprint density at radius 2 is 2.09 bits per heavy atom. The summed E-state index contributed by atoms with van der Waals surface area (Å²) in [4.78, 5) is 20.4. The molecule has 0 radical (unpaired) electrons. The Balaban J connectivity index is 3.54. The average Bonchev–Trinajstić information content (AvgIpc) is 1.99. The van der Waals surface area contributed by atoms with Crippen LogP contribution in [0.1, 0.15) is 12.8 Å². The van der Waals surface area contributed by atoms with Gasteiger partial charge in [0.25, 0.3) is 0 Å². The lowest BCUT2D eigenvalue weighted by molar-refractivity contribution is -0.139. The van der Waals surface area contributed by atoms with Gasteiger partial charge in [-0.25, -0.2) is 5.48 Å². The van der Waals surface area contributed by atoms with Crippen LogP contribution >= 0.6 is 0 Å². The maximum Gasteiger partial charge on any atom is 0.320 e. The molecular weight excluding hydrogens is 152 g/mol. The molecule has 0 fully saturated rings. The maximum absolute atomic E-state index is 10.3. The Morgan fingerprint density at radius 3 is 2.45 bits per heavy atom. The van der Waals surface area contributed by atoms with Crippen LogP contribution in [-0.2, 0) is 9.59 Å². The lowest BCUT2D eigenvalue weighted by Gasteiger charge is -2.03. The fourth-order valence-electron chi connectivity index (χ4n) is 0.466. The smallest absolute Gasteiger partial charge is 0.320 e. The predicted octanol–water partition coefficient (Wildman–Crippen LogP) is -1.32. The molecule has 0 bridgehead atoms. The molecule has 5 N–H and O–H groups in total. The number of nitrogens with one attached hydrogen (secondary N) is 1. The minimum absolute atomic E-state index is 0.0156. The van der Waals surface area contributed by atoms with Gasteiger partial charge < -0.3 is 10.8 Å². The van der Waals surface area contributed by atoms with Crippen LogP contribution in [0.2, 0.25) is 0 Å². The van der Waals surface area contributed by atoms with E-state index in [-0.39, 0.29) is 12.8 Å². The van der Waals surface area contributed by atoms with Crippen LogP contribution in [-0.4, -0.2) is 28.2 Å². The molecule has 0 unspecified atom stereocenters. The van der Waals surface area contributed by atoms with Crippen LogP contribution in [0.15, 0.2) is 0 Å². The number of hydrogen-bond donors (Lipinski definition) is 4. The molecule has 0 aliphatic rings. The first-order chi connectivity index (χ1) is 5.07. The van der Waals surface area contributed by atoms with Gasteiger partial charge in [-0.15, -0.1) is 0 Å². The van der Waals surface area contributed by atoms with Gasteiger partial charge in [0.15, 0.2) is 0 Å².